The van der Waals surface area contributed by atoms with Crippen LogP contribution in [0.5, 0.6) is 5.88 Å². The lowest BCUT2D eigenvalue weighted by molar-refractivity contribution is 0.290. The van der Waals surface area contributed by atoms with Crippen molar-refractivity contribution in [3.05, 3.63) is 76.8 Å². The van der Waals surface area contributed by atoms with E-state index in [9.17, 15) is 0 Å². The average molecular weight is 549 g/mol. The molecule has 172 valence electrons. The molecule has 3 rings (SSSR count). The highest BCUT2D eigenvalue weighted by molar-refractivity contribution is 14.0. The maximum Gasteiger partial charge on any atom is 0.218 e. The maximum absolute atomic E-state index is 5.95. The predicted molar refractivity (Wildman–Crippen MR) is 137 cm³/mol. The summed E-state index contributed by atoms with van der Waals surface area (Å²) in [7, 11) is 0. The molecule has 0 aliphatic rings. The molecular weight excluding hydrogens is 517 g/mol. The quantitative estimate of drug-likeness (QED) is 0.218. The van der Waals surface area contributed by atoms with Crippen LogP contribution in [-0.4, -0.2) is 22.6 Å². The zero-order valence-electron chi connectivity index (χ0n) is 18.9. The third kappa shape index (κ3) is 7.22. The molecule has 0 aliphatic heterocycles. The van der Waals surface area contributed by atoms with E-state index in [1.54, 1.807) is 6.20 Å². The van der Waals surface area contributed by atoms with E-state index < -0.39 is 0 Å². The van der Waals surface area contributed by atoms with Gasteiger partial charge in [-0.05, 0) is 25.0 Å². The third-order valence-electron chi connectivity index (χ3n) is 4.86. The second-order valence-corrected chi connectivity index (χ2v) is 7.03. The summed E-state index contributed by atoms with van der Waals surface area (Å²) in [6.07, 6.45) is 3.39. The van der Waals surface area contributed by atoms with Crippen LogP contribution >= 0.6 is 24.0 Å². The van der Waals surface area contributed by atoms with Crippen molar-refractivity contribution < 1.29 is 9.26 Å². The first-order valence-corrected chi connectivity index (χ1v) is 10.8. The number of benzene rings is 1. The van der Waals surface area contributed by atoms with Crippen LogP contribution in [0.25, 0.3) is 0 Å². The number of nitrogens with zero attached hydrogens (tertiary/aromatic N) is 3. The Morgan fingerprint density at radius 2 is 1.84 bits per heavy atom. The Kier molecular flexibility index (Phi) is 11.0. The standard InChI is InChI=1S/C24H31N5O2.HI/c1-4-21-20(22(5-2)31-29-21)16-28-24(25-6-3)27-15-19-13-10-14-26-23(19)30-17-18-11-8-7-9-12-18;/h7-14H,4-6,15-17H2,1-3H3,(H2,25,27,28);1H. The van der Waals surface area contributed by atoms with Crippen molar-refractivity contribution in [1.82, 2.24) is 20.8 Å². The summed E-state index contributed by atoms with van der Waals surface area (Å²) in [6.45, 7) is 8.51. The van der Waals surface area contributed by atoms with Gasteiger partial charge in [0.15, 0.2) is 5.96 Å². The van der Waals surface area contributed by atoms with Crippen LogP contribution in [0.3, 0.4) is 0 Å². The van der Waals surface area contributed by atoms with E-state index in [1.807, 2.05) is 49.4 Å². The molecule has 8 heteroatoms. The van der Waals surface area contributed by atoms with Crippen molar-refractivity contribution in [3.8, 4) is 5.88 Å². The molecule has 0 spiro atoms. The molecule has 3 aromatic rings. The summed E-state index contributed by atoms with van der Waals surface area (Å²) in [6, 6.07) is 14.0. The highest BCUT2D eigenvalue weighted by atomic mass is 127. The molecule has 32 heavy (non-hydrogen) atoms. The minimum atomic E-state index is 0. The van der Waals surface area contributed by atoms with Crippen LogP contribution in [-0.2, 0) is 32.5 Å². The predicted octanol–water partition coefficient (Wildman–Crippen LogP) is 4.65. The highest BCUT2D eigenvalue weighted by Crippen LogP contribution is 2.18. The largest absolute Gasteiger partial charge is 0.473 e. The van der Waals surface area contributed by atoms with Crippen molar-refractivity contribution in [2.75, 3.05) is 6.54 Å². The minimum absolute atomic E-state index is 0. The summed E-state index contributed by atoms with van der Waals surface area (Å²) in [5, 5.41) is 10.9. The topological polar surface area (TPSA) is 84.6 Å². The van der Waals surface area contributed by atoms with E-state index in [-0.39, 0.29) is 24.0 Å². The molecule has 0 amide bonds. The smallest absolute Gasteiger partial charge is 0.218 e. The van der Waals surface area contributed by atoms with Crippen LogP contribution in [0.15, 0.2) is 58.2 Å². The van der Waals surface area contributed by atoms with Crippen molar-refractivity contribution in [3.63, 3.8) is 0 Å². The molecule has 2 N–H and O–H groups in total. The molecule has 0 bridgehead atoms. The van der Waals surface area contributed by atoms with E-state index in [1.165, 1.54) is 0 Å². The average Bonchev–Trinajstić information content (AvgIpc) is 3.22. The fourth-order valence-electron chi connectivity index (χ4n) is 3.22. The zero-order valence-corrected chi connectivity index (χ0v) is 21.3. The van der Waals surface area contributed by atoms with Crippen molar-refractivity contribution in [2.45, 2.75) is 53.3 Å². The summed E-state index contributed by atoms with van der Waals surface area (Å²) in [5.41, 5.74) is 4.14. The Morgan fingerprint density at radius 3 is 2.56 bits per heavy atom. The number of guanidine groups is 1. The molecule has 0 radical (unpaired) electrons. The molecule has 0 fully saturated rings. The van der Waals surface area contributed by atoms with Gasteiger partial charge in [-0.3, -0.25) is 0 Å². The van der Waals surface area contributed by atoms with Gasteiger partial charge in [0.2, 0.25) is 5.88 Å². The fraction of sp³-hybridized carbons (Fsp3) is 0.375. The molecule has 2 heterocycles. The molecule has 1 aromatic carbocycles. The molecule has 2 aromatic heterocycles. The van der Waals surface area contributed by atoms with Gasteiger partial charge in [-0.2, -0.15) is 0 Å². The first-order chi connectivity index (χ1) is 15.2. The van der Waals surface area contributed by atoms with Gasteiger partial charge in [-0.1, -0.05) is 55.4 Å². The molecule has 0 unspecified atom stereocenters. The fourth-order valence-corrected chi connectivity index (χ4v) is 3.22. The van der Waals surface area contributed by atoms with Gasteiger partial charge in [-0.15, -0.1) is 24.0 Å². The second kappa shape index (κ2) is 13.7. The lowest BCUT2D eigenvalue weighted by Gasteiger charge is -2.13. The minimum Gasteiger partial charge on any atom is -0.473 e. The van der Waals surface area contributed by atoms with E-state index >= 15 is 0 Å². The lowest BCUT2D eigenvalue weighted by atomic mass is 10.1. The number of hydrogen-bond acceptors (Lipinski definition) is 5. The monoisotopic (exact) mass is 549 g/mol. The molecule has 0 atom stereocenters. The van der Waals surface area contributed by atoms with E-state index in [0.29, 0.717) is 25.6 Å². The molecule has 0 aliphatic carbocycles. The molecule has 7 nitrogen and oxygen atoms in total. The number of ether oxygens (including phenoxy) is 1. The van der Waals surface area contributed by atoms with Gasteiger partial charge >= 0.3 is 0 Å². The van der Waals surface area contributed by atoms with Crippen molar-refractivity contribution in [2.24, 2.45) is 4.99 Å². The Balaban J connectivity index is 0.00000363. The number of nitrogens with one attached hydrogen (secondary N) is 2. The third-order valence-corrected chi connectivity index (χ3v) is 4.86. The normalized spacial score (nSPS) is 11.0. The van der Waals surface area contributed by atoms with E-state index in [4.69, 9.17) is 14.3 Å². The lowest BCUT2D eigenvalue weighted by Crippen LogP contribution is -2.37. The van der Waals surface area contributed by atoms with E-state index in [0.717, 1.165) is 53.5 Å². The Bertz CT molecular complexity index is 954. The molecule has 0 saturated heterocycles. The van der Waals surface area contributed by atoms with Crippen LogP contribution < -0.4 is 15.4 Å². The van der Waals surface area contributed by atoms with Gasteiger partial charge in [0.1, 0.15) is 12.4 Å². The molecule has 0 saturated carbocycles. The van der Waals surface area contributed by atoms with Crippen LogP contribution in [0.4, 0.5) is 0 Å². The number of hydrogen-bond donors (Lipinski definition) is 2. The first-order valence-electron chi connectivity index (χ1n) is 10.8. The Morgan fingerprint density at radius 1 is 1.03 bits per heavy atom. The van der Waals surface area contributed by atoms with Crippen LogP contribution in [0, 0.1) is 0 Å². The van der Waals surface area contributed by atoms with Crippen LogP contribution in [0.2, 0.25) is 0 Å². The number of pyridine rings is 1. The number of aromatic nitrogens is 2. The summed E-state index contributed by atoms with van der Waals surface area (Å²) >= 11 is 0. The van der Waals surface area contributed by atoms with E-state index in [2.05, 4.69) is 34.6 Å². The molecular formula is C24H32IN5O2. The van der Waals surface area contributed by atoms with Gasteiger partial charge in [0, 0.05) is 36.8 Å². The van der Waals surface area contributed by atoms with Gasteiger partial charge in [0.25, 0.3) is 0 Å². The van der Waals surface area contributed by atoms with Crippen molar-refractivity contribution in [1.29, 1.82) is 0 Å². The number of aryl methyl sites for hydroxylation is 2. The van der Waals surface area contributed by atoms with Gasteiger partial charge in [-0.25, -0.2) is 9.98 Å². The number of halogens is 1. The number of aliphatic imine (C=N–C) groups is 1. The zero-order chi connectivity index (χ0) is 21.9. The summed E-state index contributed by atoms with van der Waals surface area (Å²) in [5.74, 6) is 2.25. The Labute approximate surface area is 207 Å². The van der Waals surface area contributed by atoms with Crippen molar-refractivity contribution >= 4 is 29.9 Å². The first kappa shape index (κ1) is 25.6. The Hall–Kier alpha value is -2.62. The second-order valence-electron chi connectivity index (χ2n) is 7.03. The summed E-state index contributed by atoms with van der Waals surface area (Å²) < 4.78 is 11.4. The maximum atomic E-state index is 5.95. The SMILES string of the molecule is CCNC(=NCc1cccnc1OCc1ccccc1)NCc1c(CC)noc1CC.I. The highest BCUT2D eigenvalue weighted by Gasteiger charge is 2.14. The summed E-state index contributed by atoms with van der Waals surface area (Å²) in [4.78, 5) is 9.13. The van der Waals surface area contributed by atoms with Gasteiger partial charge in [0.05, 0.1) is 12.2 Å². The van der Waals surface area contributed by atoms with Crippen LogP contribution in [0.1, 0.15) is 48.9 Å². The van der Waals surface area contributed by atoms with Gasteiger partial charge < -0.3 is 19.9 Å². The number of rotatable bonds is 10.